The first-order chi connectivity index (χ1) is 8.38. The Hall–Kier alpha value is -1.77. The summed E-state index contributed by atoms with van der Waals surface area (Å²) in [6.45, 7) is 2.68. The predicted molar refractivity (Wildman–Crippen MR) is 65.9 cm³/mol. The topological polar surface area (TPSA) is 35.3 Å². The first kappa shape index (κ1) is 11.7. The van der Waals surface area contributed by atoms with E-state index in [9.17, 15) is 0 Å². The van der Waals surface area contributed by atoms with Gasteiger partial charge in [0.25, 0.3) is 5.88 Å². The van der Waals surface area contributed by atoms with Gasteiger partial charge in [0.05, 0.1) is 0 Å². The number of unbranched alkanes of at least 4 members (excludes halogenated alkanes) is 1. The van der Waals surface area contributed by atoms with E-state index >= 15 is 0 Å². The third-order valence-electron chi connectivity index (χ3n) is 2.54. The Morgan fingerprint density at radius 3 is 2.82 bits per heavy atom. The maximum Gasteiger partial charge on any atom is 0.254 e. The normalized spacial score (nSPS) is 10.4. The van der Waals surface area contributed by atoms with Crippen LogP contribution in [-0.4, -0.2) is 5.16 Å². The molecule has 0 amide bonds. The van der Waals surface area contributed by atoms with Crippen molar-refractivity contribution in [2.75, 3.05) is 0 Å². The Balaban J connectivity index is 1.85. The quantitative estimate of drug-likeness (QED) is 0.762. The summed E-state index contributed by atoms with van der Waals surface area (Å²) >= 11 is 0. The fraction of sp³-hybridized carbons (Fsp3) is 0.357. The number of aromatic nitrogens is 1. The van der Waals surface area contributed by atoms with Crippen LogP contribution in [0.15, 0.2) is 40.9 Å². The van der Waals surface area contributed by atoms with Gasteiger partial charge in [0.15, 0.2) is 0 Å². The third-order valence-corrected chi connectivity index (χ3v) is 2.54. The lowest BCUT2D eigenvalue weighted by atomic mass is 10.2. The second kappa shape index (κ2) is 6.09. The highest BCUT2D eigenvalue weighted by atomic mass is 16.5. The zero-order chi connectivity index (χ0) is 11.9. The number of hydrogen-bond acceptors (Lipinski definition) is 3. The molecule has 0 saturated heterocycles. The fourth-order valence-corrected chi connectivity index (χ4v) is 1.56. The molecule has 17 heavy (non-hydrogen) atoms. The molecule has 0 saturated carbocycles. The van der Waals surface area contributed by atoms with Crippen LogP contribution in [0.5, 0.6) is 5.88 Å². The molecule has 3 nitrogen and oxygen atoms in total. The van der Waals surface area contributed by atoms with Crippen LogP contribution in [0, 0.1) is 0 Å². The molecule has 2 rings (SSSR count). The Kier molecular flexibility index (Phi) is 4.19. The average Bonchev–Trinajstić information content (AvgIpc) is 2.83. The first-order valence-corrected chi connectivity index (χ1v) is 6.01. The van der Waals surface area contributed by atoms with Gasteiger partial charge in [-0.2, -0.15) is 0 Å². The highest BCUT2D eigenvalue weighted by Gasteiger charge is 2.04. The Morgan fingerprint density at radius 1 is 1.24 bits per heavy atom. The van der Waals surface area contributed by atoms with Gasteiger partial charge in [-0.3, -0.25) is 0 Å². The van der Waals surface area contributed by atoms with Gasteiger partial charge < -0.3 is 9.26 Å². The molecule has 0 spiro atoms. The minimum Gasteiger partial charge on any atom is -0.471 e. The zero-order valence-electron chi connectivity index (χ0n) is 10.1. The first-order valence-electron chi connectivity index (χ1n) is 6.01. The summed E-state index contributed by atoms with van der Waals surface area (Å²) in [5.41, 5.74) is 1.13. The van der Waals surface area contributed by atoms with Crippen LogP contribution in [0.1, 0.15) is 31.1 Å². The molecule has 1 heterocycles. The number of ether oxygens (including phenoxy) is 1. The van der Waals surface area contributed by atoms with Crippen LogP contribution >= 0.6 is 0 Å². The summed E-state index contributed by atoms with van der Waals surface area (Å²) < 4.78 is 10.7. The largest absolute Gasteiger partial charge is 0.471 e. The summed E-state index contributed by atoms with van der Waals surface area (Å²) in [7, 11) is 0. The van der Waals surface area contributed by atoms with Crippen LogP contribution < -0.4 is 4.74 Å². The predicted octanol–water partition coefficient (Wildman–Crippen LogP) is 3.60. The summed E-state index contributed by atoms with van der Waals surface area (Å²) in [5.74, 6) is 1.47. The summed E-state index contributed by atoms with van der Waals surface area (Å²) in [6, 6.07) is 11.9. The number of nitrogens with zero attached hydrogens (tertiary/aromatic N) is 1. The molecule has 0 atom stereocenters. The van der Waals surface area contributed by atoms with E-state index in [0.29, 0.717) is 12.5 Å². The van der Waals surface area contributed by atoms with E-state index in [1.165, 1.54) is 0 Å². The van der Waals surface area contributed by atoms with Crippen LogP contribution in [0.4, 0.5) is 0 Å². The maximum absolute atomic E-state index is 5.55. The molecule has 0 N–H and O–H groups in total. The van der Waals surface area contributed by atoms with Gasteiger partial charge >= 0.3 is 0 Å². The van der Waals surface area contributed by atoms with E-state index in [1.807, 2.05) is 36.4 Å². The van der Waals surface area contributed by atoms with Crippen molar-refractivity contribution in [3.8, 4) is 5.88 Å². The average molecular weight is 231 g/mol. The van der Waals surface area contributed by atoms with Gasteiger partial charge in [-0.05, 0) is 17.1 Å². The summed E-state index contributed by atoms with van der Waals surface area (Å²) in [5, 5.41) is 3.89. The highest BCUT2D eigenvalue weighted by Crippen LogP contribution is 2.15. The monoisotopic (exact) mass is 231 g/mol. The molecular weight excluding hydrogens is 214 g/mol. The highest BCUT2D eigenvalue weighted by molar-refractivity contribution is 5.16. The molecular formula is C14H17NO2. The van der Waals surface area contributed by atoms with E-state index in [1.54, 1.807) is 0 Å². The van der Waals surface area contributed by atoms with Crippen molar-refractivity contribution in [3.63, 3.8) is 0 Å². The second-order valence-electron chi connectivity index (χ2n) is 4.01. The van der Waals surface area contributed by atoms with Gasteiger partial charge in [-0.25, -0.2) is 0 Å². The van der Waals surface area contributed by atoms with E-state index in [4.69, 9.17) is 9.26 Å². The van der Waals surface area contributed by atoms with Crippen LogP contribution in [-0.2, 0) is 13.0 Å². The van der Waals surface area contributed by atoms with Crippen LogP contribution in [0.25, 0.3) is 0 Å². The Bertz CT molecular complexity index is 436. The molecule has 0 radical (unpaired) electrons. The second-order valence-corrected chi connectivity index (χ2v) is 4.01. The van der Waals surface area contributed by atoms with Crippen LogP contribution in [0.3, 0.4) is 0 Å². The third kappa shape index (κ3) is 3.63. The van der Waals surface area contributed by atoms with E-state index in [-0.39, 0.29) is 0 Å². The van der Waals surface area contributed by atoms with E-state index in [0.717, 1.165) is 30.6 Å². The smallest absolute Gasteiger partial charge is 0.254 e. The van der Waals surface area contributed by atoms with E-state index < -0.39 is 0 Å². The van der Waals surface area contributed by atoms with Gasteiger partial charge in [0.1, 0.15) is 12.4 Å². The molecule has 0 aliphatic carbocycles. The SMILES string of the molecule is CCCCc1cc(OCc2ccccc2)no1. The molecule has 0 unspecified atom stereocenters. The molecule has 0 fully saturated rings. The molecule has 1 aromatic heterocycles. The van der Waals surface area contributed by atoms with Gasteiger partial charge in [-0.15, -0.1) is 0 Å². The van der Waals surface area contributed by atoms with E-state index in [2.05, 4.69) is 12.1 Å². The summed E-state index contributed by atoms with van der Waals surface area (Å²) in [6.07, 6.45) is 3.20. The van der Waals surface area contributed by atoms with Gasteiger partial charge in [-0.1, -0.05) is 43.7 Å². The number of rotatable bonds is 6. The molecule has 1 aromatic carbocycles. The molecule has 3 heteroatoms. The number of benzene rings is 1. The van der Waals surface area contributed by atoms with Crippen molar-refractivity contribution in [2.45, 2.75) is 32.8 Å². The minimum atomic E-state index is 0.528. The molecule has 0 bridgehead atoms. The molecule has 0 aliphatic rings. The van der Waals surface area contributed by atoms with Crippen molar-refractivity contribution in [1.82, 2.24) is 5.16 Å². The van der Waals surface area contributed by atoms with Crippen molar-refractivity contribution in [2.24, 2.45) is 0 Å². The lowest BCUT2D eigenvalue weighted by Crippen LogP contribution is -1.94. The standard InChI is InChI=1S/C14H17NO2/c1-2-3-9-13-10-14(15-17-13)16-11-12-7-5-4-6-8-12/h4-8,10H,2-3,9,11H2,1H3. The van der Waals surface area contributed by atoms with Crippen molar-refractivity contribution >= 4 is 0 Å². The fourth-order valence-electron chi connectivity index (χ4n) is 1.56. The van der Waals surface area contributed by atoms with Gasteiger partial charge in [0, 0.05) is 12.5 Å². The lowest BCUT2D eigenvalue weighted by Gasteiger charge is -2.00. The Morgan fingerprint density at radius 2 is 2.06 bits per heavy atom. The maximum atomic E-state index is 5.55. The summed E-state index contributed by atoms with van der Waals surface area (Å²) in [4.78, 5) is 0. The minimum absolute atomic E-state index is 0.528. The number of hydrogen-bond donors (Lipinski definition) is 0. The van der Waals surface area contributed by atoms with Crippen molar-refractivity contribution in [1.29, 1.82) is 0 Å². The van der Waals surface area contributed by atoms with Gasteiger partial charge in [0.2, 0.25) is 0 Å². The van der Waals surface area contributed by atoms with Crippen molar-refractivity contribution in [3.05, 3.63) is 47.7 Å². The van der Waals surface area contributed by atoms with Crippen LogP contribution in [0.2, 0.25) is 0 Å². The zero-order valence-corrected chi connectivity index (χ0v) is 10.1. The molecule has 90 valence electrons. The molecule has 0 aliphatic heterocycles. The Labute approximate surface area is 101 Å². The lowest BCUT2D eigenvalue weighted by molar-refractivity contribution is 0.266. The number of aryl methyl sites for hydroxylation is 1. The van der Waals surface area contributed by atoms with Crippen molar-refractivity contribution < 1.29 is 9.26 Å². The molecule has 2 aromatic rings.